The Hall–Kier alpha value is -2.18. The van der Waals surface area contributed by atoms with Gasteiger partial charge in [0.05, 0.1) is 36.5 Å². The number of rotatable bonds is 6. The maximum absolute atomic E-state index is 12.6. The van der Waals surface area contributed by atoms with E-state index in [2.05, 4.69) is 33.8 Å². The maximum atomic E-state index is 12.6. The number of hydrogen-bond acceptors (Lipinski definition) is 4. The number of fused-ring (bicyclic) bond motifs is 3. The zero-order valence-electron chi connectivity index (χ0n) is 18.2. The van der Waals surface area contributed by atoms with Gasteiger partial charge in [-0.3, -0.25) is 4.79 Å². The molecule has 0 bridgehead atoms. The molecule has 2 fully saturated rings. The minimum Gasteiger partial charge on any atom is -0.393 e. The minimum absolute atomic E-state index is 0.103. The second-order valence-corrected chi connectivity index (χ2v) is 9.38. The lowest BCUT2D eigenvalue weighted by Gasteiger charge is -2.35. The summed E-state index contributed by atoms with van der Waals surface area (Å²) in [5, 5.41) is 11.1. The Morgan fingerprint density at radius 3 is 2.71 bits per heavy atom. The first-order chi connectivity index (χ1) is 15.2. The molecule has 1 aliphatic carbocycles. The quantitative estimate of drug-likeness (QED) is 0.768. The molecular formula is C25H33N3O3. The first-order valence-electron chi connectivity index (χ1n) is 11.9. The molecule has 5 rings (SSSR count). The summed E-state index contributed by atoms with van der Waals surface area (Å²) in [6, 6.07) is 8.55. The second-order valence-electron chi connectivity index (χ2n) is 9.38. The number of amides is 1. The molecule has 1 aromatic heterocycles. The van der Waals surface area contributed by atoms with Gasteiger partial charge in [-0.15, -0.1) is 0 Å². The number of likely N-dealkylation sites (tertiary alicyclic amines) is 1. The largest absolute Gasteiger partial charge is 0.393 e. The van der Waals surface area contributed by atoms with E-state index in [4.69, 9.17) is 4.74 Å². The lowest BCUT2D eigenvalue weighted by Crippen LogP contribution is -2.43. The Morgan fingerprint density at radius 1 is 1.13 bits per heavy atom. The third kappa shape index (κ3) is 4.28. The van der Waals surface area contributed by atoms with Gasteiger partial charge < -0.3 is 19.3 Å². The average molecular weight is 424 g/mol. The first kappa shape index (κ1) is 20.7. The Labute approximate surface area is 184 Å². The normalized spacial score (nSPS) is 22.9. The molecule has 6 heteroatoms. The molecule has 6 nitrogen and oxygen atoms in total. The summed E-state index contributed by atoms with van der Waals surface area (Å²) in [4.78, 5) is 18.8. The van der Waals surface area contributed by atoms with Crippen LogP contribution < -0.4 is 0 Å². The summed E-state index contributed by atoms with van der Waals surface area (Å²) in [5.41, 5.74) is 3.62. The van der Waals surface area contributed by atoms with Crippen molar-refractivity contribution in [2.75, 3.05) is 19.7 Å². The van der Waals surface area contributed by atoms with Gasteiger partial charge in [0.2, 0.25) is 5.91 Å². The van der Waals surface area contributed by atoms with Crippen LogP contribution in [0.25, 0.3) is 11.3 Å². The van der Waals surface area contributed by atoms with Gasteiger partial charge in [-0.05, 0) is 43.6 Å². The molecule has 1 N–H and O–H groups in total. The molecule has 0 spiro atoms. The zero-order valence-corrected chi connectivity index (χ0v) is 18.2. The maximum Gasteiger partial charge on any atom is 0.248 e. The number of ether oxygens (including phenoxy) is 1. The molecule has 3 aliphatic rings. The number of aromatic nitrogens is 2. The molecular weight excluding hydrogens is 390 g/mol. The predicted octanol–water partition coefficient (Wildman–Crippen LogP) is 3.79. The van der Waals surface area contributed by atoms with E-state index in [1.165, 1.54) is 30.4 Å². The van der Waals surface area contributed by atoms with E-state index in [0.29, 0.717) is 19.5 Å². The van der Waals surface area contributed by atoms with Crippen LogP contribution in [0.2, 0.25) is 0 Å². The van der Waals surface area contributed by atoms with Crippen molar-refractivity contribution in [3.05, 3.63) is 42.4 Å². The van der Waals surface area contributed by atoms with Crippen LogP contribution in [0.5, 0.6) is 0 Å². The smallest absolute Gasteiger partial charge is 0.248 e. The molecule has 3 heterocycles. The predicted molar refractivity (Wildman–Crippen MR) is 119 cm³/mol. The zero-order chi connectivity index (χ0) is 21.2. The summed E-state index contributed by atoms with van der Waals surface area (Å²) in [6.07, 6.45) is 11.9. The van der Waals surface area contributed by atoms with E-state index < -0.39 is 0 Å². The van der Waals surface area contributed by atoms with Crippen molar-refractivity contribution in [3.8, 4) is 11.3 Å². The van der Waals surface area contributed by atoms with Gasteiger partial charge in [0.25, 0.3) is 0 Å². The van der Waals surface area contributed by atoms with Gasteiger partial charge in [-0.2, -0.15) is 0 Å². The second kappa shape index (κ2) is 9.13. The molecule has 1 saturated heterocycles. The number of hydrogen-bond donors (Lipinski definition) is 1. The fraction of sp³-hybridized carbons (Fsp3) is 0.600. The van der Waals surface area contributed by atoms with E-state index in [1.807, 2.05) is 17.4 Å². The fourth-order valence-electron chi connectivity index (χ4n) is 5.64. The number of benzene rings is 1. The van der Waals surface area contributed by atoms with Crippen LogP contribution in [0.4, 0.5) is 0 Å². The van der Waals surface area contributed by atoms with Crippen LogP contribution in [0.1, 0.15) is 63.0 Å². The van der Waals surface area contributed by atoms with Crippen LogP contribution >= 0.6 is 0 Å². The number of aliphatic hydroxyl groups excluding tert-OH is 1. The number of carbonyl (C=O) groups is 1. The van der Waals surface area contributed by atoms with E-state index in [1.54, 1.807) is 0 Å². The number of aliphatic hydroxyl groups is 1. The monoisotopic (exact) mass is 423 g/mol. The van der Waals surface area contributed by atoms with E-state index in [9.17, 15) is 9.90 Å². The van der Waals surface area contributed by atoms with Crippen LogP contribution in [-0.2, 0) is 9.53 Å². The molecule has 2 aliphatic heterocycles. The molecule has 1 amide bonds. The fourth-order valence-corrected chi connectivity index (χ4v) is 5.64. The van der Waals surface area contributed by atoms with Crippen molar-refractivity contribution in [2.45, 2.75) is 69.6 Å². The molecule has 2 unspecified atom stereocenters. The van der Waals surface area contributed by atoms with Gasteiger partial charge >= 0.3 is 0 Å². The van der Waals surface area contributed by atoms with Gasteiger partial charge in [0, 0.05) is 18.7 Å². The van der Waals surface area contributed by atoms with Crippen LogP contribution in [0.15, 0.2) is 36.8 Å². The van der Waals surface area contributed by atoms with Crippen LogP contribution in [-0.4, -0.2) is 57.4 Å². The van der Waals surface area contributed by atoms with Crippen molar-refractivity contribution in [3.63, 3.8) is 0 Å². The van der Waals surface area contributed by atoms with Gasteiger partial charge in [0.1, 0.15) is 6.61 Å². The topological polar surface area (TPSA) is 67.6 Å². The van der Waals surface area contributed by atoms with Crippen molar-refractivity contribution in [1.29, 1.82) is 0 Å². The first-order valence-corrected chi connectivity index (χ1v) is 11.9. The van der Waals surface area contributed by atoms with Gasteiger partial charge in [-0.1, -0.05) is 43.5 Å². The van der Waals surface area contributed by atoms with Gasteiger partial charge in [0.15, 0.2) is 0 Å². The molecule has 2 atom stereocenters. The molecule has 1 saturated carbocycles. The van der Waals surface area contributed by atoms with E-state index in [-0.39, 0.29) is 36.7 Å². The van der Waals surface area contributed by atoms with E-state index in [0.717, 1.165) is 31.4 Å². The third-order valence-electron chi connectivity index (χ3n) is 7.49. The molecule has 31 heavy (non-hydrogen) atoms. The lowest BCUT2D eigenvalue weighted by atomic mass is 9.86. The summed E-state index contributed by atoms with van der Waals surface area (Å²) in [6.45, 7) is 1.64. The molecule has 2 aromatic rings. The van der Waals surface area contributed by atoms with Crippen LogP contribution in [0, 0.1) is 5.92 Å². The van der Waals surface area contributed by atoms with E-state index >= 15 is 0 Å². The van der Waals surface area contributed by atoms with Crippen LogP contribution in [0.3, 0.4) is 0 Å². The minimum atomic E-state index is -0.387. The number of piperidine rings is 1. The van der Waals surface area contributed by atoms with Crippen molar-refractivity contribution >= 4 is 5.91 Å². The highest BCUT2D eigenvalue weighted by molar-refractivity contribution is 5.77. The standard InChI is InChI=1S/C25H33N3O3/c29-24(14-22-20-8-4-5-9-21(20)23-15-26-17-28(22)23)18-10-12-27(13-11-18)25(30)16-31-19-6-2-1-3-7-19/h4-5,8-9,15,17-19,22,24,29H,1-3,6-7,10-14,16H2. The Bertz CT molecular complexity index is 897. The summed E-state index contributed by atoms with van der Waals surface area (Å²) in [7, 11) is 0. The summed E-state index contributed by atoms with van der Waals surface area (Å²) in [5.74, 6) is 0.328. The number of carbonyl (C=O) groups excluding carboxylic acids is 1. The van der Waals surface area contributed by atoms with Gasteiger partial charge in [-0.25, -0.2) is 4.98 Å². The van der Waals surface area contributed by atoms with Crippen molar-refractivity contribution < 1.29 is 14.6 Å². The van der Waals surface area contributed by atoms with Crippen molar-refractivity contribution in [2.24, 2.45) is 5.92 Å². The van der Waals surface area contributed by atoms with Crippen molar-refractivity contribution in [1.82, 2.24) is 14.5 Å². The highest BCUT2D eigenvalue weighted by Crippen LogP contribution is 2.42. The number of imidazole rings is 1. The third-order valence-corrected chi connectivity index (χ3v) is 7.49. The Kier molecular flexibility index (Phi) is 6.10. The number of nitrogens with zero attached hydrogens (tertiary/aromatic N) is 3. The Morgan fingerprint density at radius 2 is 1.90 bits per heavy atom. The SMILES string of the molecule is O=C(COC1CCCCC1)N1CCC(C(O)CC2c3ccccc3-c3cncn32)CC1. The average Bonchev–Trinajstić information content (AvgIpc) is 3.41. The highest BCUT2D eigenvalue weighted by atomic mass is 16.5. The molecule has 166 valence electrons. The highest BCUT2D eigenvalue weighted by Gasteiger charge is 2.34. The molecule has 1 aromatic carbocycles. The summed E-state index contributed by atoms with van der Waals surface area (Å²) >= 11 is 0. The summed E-state index contributed by atoms with van der Waals surface area (Å²) < 4.78 is 8.06. The molecule has 0 radical (unpaired) electrons. The Balaban J connectivity index is 1.13. The lowest BCUT2D eigenvalue weighted by molar-refractivity contribution is -0.140.